The molecular weight excluding hydrogens is 322 g/mol. The van der Waals surface area contributed by atoms with Crippen molar-refractivity contribution in [1.82, 2.24) is 10.6 Å². The molecule has 2 heterocycles. The second-order valence-electron chi connectivity index (χ2n) is 6.86. The third-order valence-electron chi connectivity index (χ3n) is 4.51. The van der Waals surface area contributed by atoms with E-state index in [1.807, 2.05) is 32.0 Å². The number of nitrogens with one attached hydrogen (secondary N) is 3. The number of benzene rings is 1. The third-order valence-corrected chi connectivity index (χ3v) is 4.51. The lowest BCUT2D eigenvalue weighted by Crippen LogP contribution is -3.11. The topological polar surface area (TPSA) is 81.1 Å². The van der Waals surface area contributed by atoms with Gasteiger partial charge in [0.1, 0.15) is 19.3 Å². The van der Waals surface area contributed by atoms with Crippen LogP contribution in [0.25, 0.3) is 0 Å². The van der Waals surface area contributed by atoms with Gasteiger partial charge in [0.25, 0.3) is 5.91 Å². The first-order chi connectivity index (χ1) is 12.0. The Morgan fingerprint density at radius 3 is 2.76 bits per heavy atom. The summed E-state index contributed by atoms with van der Waals surface area (Å²) in [6, 6.07) is 5.80. The van der Waals surface area contributed by atoms with E-state index in [1.54, 1.807) is 0 Å². The summed E-state index contributed by atoms with van der Waals surface area (Å²) in [6.45, 7) is 6.04. The van der Waals surface area contributed by atoms with Gasteiger partial charge in [-0.1, -0.05) is 0 Å². The fourth-order valence-corrected chi connectivity index (χ4v) is 3.48. The largest absolute Gasteiger partial charge is 0.486 e. The Labute approximate surface area is 147 Å². The molecule has 2 aliphatic heterocycles. The number of amides is 3. The molecule has 0 radical (unpaired) electrons. The minimum atomic E-state index is -0.436. The van der Waals surface area contributed by atoms with Crippen molar-refractivity contribution in [2.45, 2.75) is 38.8 Å². The molecule has 1 aromatic carbocycles. The molecular formula is C18H26N3O4+. The lowest BCUT2D eigenvalue weighted by atomic mass is 10.0. The molecule has 0 spiro atoms. The number of fused-ring (bicyclic) bond motifs is 1. The van der Waals surface area contributed by atoms with Gasteiger partial charge in [-0.25, -0.2) is 4.79 Å². The fraction of sp³-hybridized carbons (Fsp3) is 0.556. The lowest BCUT2D eigenvalue weighted by Gasteiger charge is -2.24. The van der Waals surface area contributed by atoms with E-state index in [9.17, 15) is 9.59 Å². The molecule has 1 saturated heterocycles. The van der Waals surface area contributed by atoms with E-state index >= 15 is 0 Å². The van der Waals surface area contributed by atoms with Gasteiger partial charge >= 0.3 is 6.03 Å². The van der Waals surface area contributed by atoms with Gasteiger partial charge in [0, 0.05) is 24.4 Å². The lowest BCUT2D eigenvalue weighted by molar-refractivity contribution is -0.910. The van der Waals surface area contributed by atoms with E-state index in [0.717, 1.165) is 36.4 Å². The maximum atomic E-state index is 12.2. The maximum absolute atomic E-state index is 12.2. The van der Waals surface area contributed by atoms with Crippen molar-refractivity contribution in [2.24, 2.45) is 0 Å². The van der Waals surface area contributed by atoms with Gasteiger partial charge in [-0.3, -0.25) is 10.1 Å². The summed E-state index contributed by atoms with van der Waals surface area (Å²) in [6.07, 6.45) is 2.07. The normalized spacial score (nSPS) is 21.9. The molecule has 1 unspecified atom stereocenters. The van der Waals surface area contributed by atoms with Gasteiger partial charge in [0.15, 0.2) is 18.0 Å². The van der Waals surface area contributed by atoms with Crippen LogP contribution in [0.2, 0.25) is 0 Å². The molecule has 3 amide bonds. The second-order valence-corrected chi connectivity index (χ2v) is 6.86. The number of carbonyl (C=O) groups is 2. The van der Waals surface area contributed by atoms with Crippen LogP contribution in [0.4, 0.5) is 4.79 Å². The highest BCUT2D eigenvalue weighted by atomic mass is 16.6. The minimum absolute atomic E-state index is 0.00241. The standard InChI is InChI=1S/C18H25N3O4/c1-12(2)19-18(23)20-17(22)11-21-7-3-4-14(21)13-5-6-15-16(10-13)25-9-8-24-15/h5-6,10,12,14H,3-4,7-9,11H2,1-2H3,(H2,19,20,22,23)/p+1/t14-/m1/s1. The molecule has 0 bridgehead atoms. The molecule has 2 atom stereocenters. The molecule has 0 aliphatic carbocycles. The van der Waals surface area contributed by atoms with Crippen molar-refractivity contribution >= 4 is 11.9 Å². The van der Waals surface area contributed by atoms with Crippen molar-refractivity contribution in [3.05, 3.63) is 23.8 Å². The minimum Gasteiger partial charge on any atom is -0.486 e. The highest BCUT2D eigenvalue weighted by molar-refractivity contribution is 5.94. The van der Waals surface area contributed by atoms with Crippen molar-refractivity contribution in [1.29, 1.82) is 0 Å². The average molecular weight is 348 g/mol. The van der Waals surface area contributed by atoms with Crippen molar-refractivity contribution < 1.29 is 24.0 Å². The molecule has 3 N–H and O–H groups in total. The number of hydrogen-bond donors (Lipinski definition) is 3. The summed E-state index contributed by atoms with van der Waals surface area (Å²) in [7, 11) is 0. The van der Waals surface area contributed by atoms with Crippen molar-refractivity contribution in [3.63, 3.8) is 0 Å². The summed E-state index contributed by atoms with van der Waals surface area (Å²) >= 11 is 0. The van der Waals surface area contributed by atoms with Crippen LogP contribution < -0.4 is 25.0 Å². The van der Waals surface area contributed by atoms with Crippen LogP contribution in [0.5, 0.6) is 11.5 Å². The maximum Gasteiger partial charge on any atom is 0.321 e. The summed E-state index contributed by atoms with van der Waals surface area (Å²) in [5, 5.41) is 5.07. The smallest absolute Gasteiger partial charge is 0.321 e. The van der Waals surface area contributed by atoms with Crippen LogP contribution in [0, 0.1) is 0 Å². The van der Waals surface area contributed by atoms with Crippen LogP contribution in [0.15, 0.2) is 18.2 Å². The molecule has 7 heteroatoms. The molecule has 2 aliphatic rings. The summed E-state index contributed by atoms with van der Waals surface area (Å²) in [5.41, 5.74) is 1.15. The van der Waals surface area contributed by atoms with E-state index < -0.39 is 6.03 Å². The molecule has 0 aromatic heterocycles. The summed E-state index contributed by atoms with van der Waals surface area (Å²) < 4.78 is 11.2. The Hall–Kier alpha value is -2.28. The van der Waals surface area contributed by atoms with Crippen molar-refractivity contribution in [3.8, 4) is 11.5 Å². The van der Waals surface area contributed by atoms with Crippen LogP contribution in [-0.2, 0) is 4.79 Å². The quantitative estimate of drug-likeness (QED) is 0.736. The third kappa shape index (κ3) is 4.42. The Morgan fingerprint density at radius 2 is 2.00 bits per heavy atom. The highest BCUT2D eigenvalue weighted by Gasteiger charge is 2.32. The van der Waals surface area contributed by atoms with E-state index in [2.05, 4.69) is 10.6 Å². The van der Waals surface area contributed by atoms with E-state index in [0.29, 0.717) is 13.2 Å². The van der Waals surface area contributed by atoms with Crippen molar-refractivity contribution in [2.75, 3.05) is 26.3 Å². The Morgan fingerprint density at radius 1 is 1.24 bits per heavy atom. The van der Waals surface area contributed by atoms with Gasteiger partial charge in [-0.2, -0.15) is 0 Å². The molecule has 1 aromatic rings. The SMILES string of the molecule is CC(C)NC(=O)NC(=O)C[NH+]1CCC[C@@H]1c1ccc2c(c1)OCCO2. The zero-order chi connectivity index (χ0) is 17.8. The average Bonchev–Trinajstić information content (AvgIpc) is 3.01. The zero-order valence-corrected chi connectivity index (χ0v) is 14.8. The zero-order valence-electron chi connectivity index (χ0n) is 14.8. The van der Waals surface area contributed by atoms with Crippen LogP contribution in [0.3, 0.4) is 0 Å². The molecule has 7 nitrogen and oxygen atoms in total. The molecule has 25 heavy (non-hydrogen) atoms. The molecule has 136 valence electrons. The molecule has 0 saturated carbocycles. The number of rotatable bonds is 4. The van der Waals surface area contributed by atoms with Gasteiger partial charge in [-0.05, 0) is 32.0 Å². The van der Waals surface area contributed by atoms with E-state index in [-0.39, 0.29) is 24.5 Å². The van der Waals surface area contributed by atoms with Crippen LogP contribution in [0.1, 0.15) is 38.3 Å². The highest BCUT2D eigenvalue weighted by Crippen LogP contribution is 2.33. The van der Waals surface area contributed by atoms with E-state index in [4.69, 9.17) is 9.47 Å². The number of quaternary nitrogens is 1. The number of hydrogen-bond acceptors (Lipinski definition) is 4. The Balaban J connectivity index is 1.62. The molecule has 3 rings (SSSR count). The van der Waals surface area contributed by atoms with E-state index in [1.165, 1.54) is 4.90 Å². The number of likely N-dealkylation sites (tertiary alicyclic amines) is 1. The van der Waals surface area contributed by atoms with Gasteiger partial charge < -0.3 is 19.7 Å². The number of ether oxygens (including phenoxy) is 2. The number of carbonyl (C=O) groups excluding carboxylic acids is 2. The van der Waals surface area contributed by atoms with Gasteiger partial charge in [-0.15, -0.1) is 0 Å². The second kappa shape index (κ2) is 7.74. The first-order valence-electron chi connectivity index (χ1n) is 8.87. The molecule has 1 fully saturated rings. The van der Waals surface area contributed by atoms with Gasteiger partial charge in [0.2, 0.25) is 0 Å². The van der Waals surface area contributed by atoms with Crippen LogP contribution in [-0.4, -0.2) is 44.3 Å². The Bertz CT molecular complexity index is 647. The first kappa shape index (κ1) is 17.5. The predicted octanol–water partition coefficient (Wildman–Crippen LogP) is 0.412. The number of imide groups is 1. The Kier molecular flexibility index (Phi) is 5.43. The monoisotopic (exact) mass is 348 g/mol. The summed E-state index contributed by atoms with van der Waals surface area (Å²) in [4.78, 5) is 25.0. The van der Waals surface area contributed by atoms with Gasteiger partial charge in [0.05, 0.1) is 6.54 Å². The number of urea groups is 1. The summed E-state index contributed by atoms with van der Waals surface area (Å²) in [5.74, 6) is 1.30. The fourth-order valence-electron chi connectivity index (χ4n) is 3.48. The first-order valence-corrected chi connectivity index (χ1v) is 8.87. The predicted molar refractivity (Wildman–Crippen MR) is 91.9 cm³/mol. The van der Waals surface area contributed by atoms with Crippen LogP contribution >= 0.6 is 0 Å².